The Morgan fingerprint density at radius 1 is 1.21 bits per heavy atom. The third-order valence-corrected chi connectivity index (χ3v) is 8.03. The zero-order valence-electron chi connectivity index (χ0n) is 14.0. The Morgan fingerprint density at radius 2 is 2.04 bits per heavy atom. The van der Waals surface area contributed by atoms with Crippen LogP contribution in [-0.2, 0) is 14.8 Å². The maximum Gasteiger partial charge on any atom is 0.252 e. The number of rotatable bonds is 3. The van der Waals surface area contributed by atoms with Crippen LogP contribution in [0.25, 0.3) is 0 Å². The van der Waals surface area contributed by atoms with Crippen molar-refractivity contribution in [3.63, 3.8) is 0 Å². The Bertz CT molecular complexity index is 678. The molecule has 1 amide bonds. The van der Waals surface area contributed by atoms with Gasteiger partial charge < -0.3 is 10.2 Å². The fourth-order valence-corrected chi connectivity index (χ4v) is 6.33. The van der Waals surface area contributed by atoms with Crippen molar-refractivity contribution < 1.29 is 13.2 Å². The van der Waals surface area contributed by atoms with Crippen molar-refractivity contribution in [3.05, 3.63) is 17.0 Å². The SMILES string of the molecule is Cc1ccc(S(=O)(=O)N2CCCC(C(=O)N3CCCNCC3)C2)s1. The molecule has 0 bridgehead atoms. The maximum atomic E-state index is 12.8. The number of carbonyl (C=O) groups is 1. The van der Waals surface area contributed by atoms with E-state index < -0.39 is 10.0 Å². The smallest absolute Gasteiger partial charge is 0.252 e. The summed E-state index contributed by atoms with van der Waals surface area (Å²) in [4.78, 5) is 15.7. The molecule has 2 aliphatic heterocycles. The second kappa shape index (κ2) is 7.51. The maximum absolute atomic E-state index is 12.8. The van der Waals surface area contributed by atoms with Crippen molar-refractivity contribution >= 4 is 27.3 Å². The monoisotopic (exact) mass is 371 g/mol. The Balaban J connectivity index is 1.70. The summed E-state index contributed by atoms with van der Waals surface area (Å²) in [5.74, 6) is -0.103. The minimum Gasteiger partial charge on any atom is -0.341 e. The van der Waals surface area contributed by atoms with Gasteiger partial charge in [0.15, 0.2) is 0 Å². The van der Waals surface area contributed by atoms with Crippen LogP contribution in [0.4, 0.5) is 0 Å². The van der Waals surface area contributed by atoms with Crippen LogP contribution in [0.2, 0.25) is 0 Å². The van der Waals surface area contributed by atoms with Crippen LogP contribution in [0.1, 0.15) is 24.1 Å². The molecule has 0 spiro atoms. The number of piperidine rings is 1. The highest BCUT2D eigenvalue weighted by Crippen LogP contribution is 2.28. The number of carbonyl (C=O) groups excluding carboxylic acids is 1. The molecule has 3 heterocycles. The van der Waals surface area contributed by atoms with Crippen LogP contribution in [0.3, 0.4) is 0 Å². The molecule has 0 aliphatic carbocycles. The number of hydrogen-bond donors (Lipinski definition) is 1. The van der Waals surface area contributed by atoms with Crippen LogP contribution in [0.5, 0.6) is 0 Å². The molecule has 24 heavy (non-hydrogen) atoms. The predicted octanol–water partition coefficient (Wildman–Crippen LogP) is 1.28. The highest BCUT2D eigenvalue weighted by Gasteiger charge is 2.35. The van der Waals surface area contributed by atoms with Gasteiger partial charge in [-0.15, -0.1) is 11.3 Å². The van der Waals surface area contributed by atoms with Crippen LogP contribution >= 0.6 is 11.3 Å². The first kappa shape index (κ1) is 17.8. The fraction of sp³-hybridized carbons (Fsp3) is 0.688. The van der Waals surface area contributed by atoms with E-state index in [0.717, 1.165) is 43.8 Å². The number of amides is 1. The molecule has 0 aromatic carbocycles. The topological polar surface area (TPSA) is 69.7 Å². The minimum atomic E-state index is -3.48. The summed E-state index contributed by atoms with van der Waals surface area (Å²) in [7, 11) is -3.48. The molecule has 8 heteroatoms. The number of thiophene rings is 1. The molecule has 2 aliphatic rings. The van der Waals surface area contributed by atoms with E-state index in [2.05, 4.69) is 5.32 Å². The Hall–Kier alpha value is -0.960. The molecular weight excluding hydrogens is 346 g/mol. The molecule has 1 N–H and O–H groups in total. The van der Waals surface area contributed by atoms with E-state index in [1.54, 1.807) is 6.07 Å². The molecule has 1 atom stereocenters. The predicted molar refractivity (Wildman–Crippen MR) is 94.6 cm³/mol. The molecule has 2 fully saturated rings. The second-order valence-corrected chi connectivity index (χ2v) is 9.95. The number of nitrogens with one attached hydrogen (secondary N) is 1. The van der Waals surface area contributed by atoms with E-state index in [0.29, 0.717) is 23.8 Å². The van der Waals surface area contributed by atoms with Gasteiger partial charge in [-0.05, 0) is 44.9 Å². The number of sulfonamides is 1. The fourth-order valence-electron chi connectivity index (χ4n) is 3.36. The molecule has 2 saturated heterocycles. The third kappa shape index (κ3) is 3.82. The Labute approximate surface area is 147 Å². The van der Waals surface area contributed by atoms with E-state index in [-0.39, 0.29) is 11.8 Å². The van der Waals surface area contributed by atoms with Gasteiger partial charge in [0, 0.05) is 37.6 Å². The molecule has 1 unspecified atom stereocenters. The highest BCUT2D eigenvalue weighted by molar-refractivity contribution is 7.91. The van der Waals surface area contributed by atoms with E-state index in [1.165, 1.54) is 15.6 Å². The van der Waals surface area contributed by atoms with Crippen molar-refractivity contribution in [1.82, 2.24) is 14.5 Å². The lowest BCUT2D eigenvalue weighted by Gasteiger charge is -2.33. The van der Waals surface area contributed by atoms with Crippen LogP contribution in [-0.4, -0.2) is 62.8 Å². The van der Waals surface area contributed by atoms with E-state index >= 15 is 0 Å². The molecule has 1 aromatic heterocycles. The minimum absolute atomic E-state index is 0.112. The molecule has 134 valence electrons. The number of nitrogens with zero attached hydrogens (tertiary/aromatic N) is 2. The largest absolute Gasteiger partial charge is 0.341 e. The highest BCUT2D eigenvalue weighted by atomic mass is 32.2. The van der Waals surface area contributed by atoms with Gasteiger partial charge in [0.25, 0.3) is 10.0 Å². The Morgan fingerprint density at radius 3 is 2.79 bits per heavy atom. The van der Waals surface area contributed by atoms with E-state index in [9.17, 15) is 13.2 Å². The second-order valence-electron chi connectivity index (χ2n) is 6.50. The molecule has 3 rings (SSSR count). The molecule has 0 saturated carbocycles. The summed E-state index contributed by atoms with van der Waals surface area (Å²) in [6, 6.07) is 3.50. The van der Waals surface area contributed by atoms with Crippen molar-refractivity contribution in [1.29, 1.82) is 0 Å². The number of hydrogen-bond acceptors (Lipinski definition) is 5. The van der Waals surface area contributed by atoms with Gasteiger partial charge in [-0.25, -0.2) is 8.42 Å². The van der Waals surface area contributed by atoms with Gasteiger partial charge in [0.1, 0.15) is 4.21 Å². The first-order valence-electron chi connectivity index (χ1n) is 8.54. The van der Waals surface area contributed by atoms with Crippen molar-refractivity contribution in [2.75, 3.05) is 39.3 Å². The van der Waals surface area contributed by atoms with Gasteiger partial charge in [-0.2, -0.15) is 4.31 Å². The molecule has 0 radical (unpaired) electrons. The average molecular weight is 372 g/mol. The molecule has 6 nitrogen and oxygen atoms in total. The van der Waals surface area contributed by atoms with E-state index in [1.807, 2.05) is 17.9 Å². The summed E-state index contributed by atoms with van der Waals surface area (Å²) >= 11 is 1.30. The van der Waals surface area contributed by atoms with Gasteiger partial charge >= 0.3 is 0 Å². The lowest BCUT2D eigenvalue weighted by molar-refractivity contribution is -0.136. The van der Waals surface area contributed by atoms with Crippen molar-refractivity contribution in [2.24, 2.45) is 5.92 Å². The van der Waals surface area contributed by atoms with Gasteiger partial charge in [-0.1, -0.05) is 0 Å². The third-order valence-electron chi connectivity index (χ3n) is 4.69. The summed E-state index contributed by atoms with van der Waals surface area (Å²) in [5, 5.41) is 3.29. The van der Waals surface area contributed by atoms with Crippen molar-refractivity contribution in [3.8, 4) is 0 Å². The quantitative estimate of drug-likeness (QED) is 0.869. The standard InChI is InChI=1S/C16H25N3O3S2/c1-13-5-6-15(23-13)24(21,22)19-10-2-4-14(12-19)16(20)18-9-3-7-17-8-11-18/h5-6,14,17H,2-4,7-12H2,1H3. The summed E-state index contributed by atoms with van der Waals surface area (Å²) in [6.07, 6.45) is 2.47. The number of aryl methyl sites for hydroxylation is 1. The van der Waals surface area contributed by atoms with Gasteiger partial charge in [0.2, 0.25) is 5.91 Å². The average Bonchev–Trinajstić information content (AvgIpc) is 2.86. The first-order valence-corrected chi connectivity index (χ1v) is 10.8. The summed E-state index contributed by atoms with van der Waals surface area (Å²) < 4.78 is 27.5. The zero-order valence-corrected chi connectivity index (χ0v) is 15.7. The van der Waals surface area contributed by atoms with Gasteiger partial charge in [-0.3, -0.25) is 4.79 Å². The van der Waals surface area contributed by atoms with Crippen LogP contribution in [0.15, 0.2) is 16.3 Å². The van der Waals surface area contributed by atoms with Crippen molar-refractivity contribution in [2.45, 2.75) is 30.4 Å². The lowest BCUT2D eigenvalue weighted by Crippen LogP contribution is -2.47. The van der Waals surface area contributed by atoms with Crippen LogP contribution < -0.4 is 5.32 Å². The van der Waals surface area contributed by atoms with E-state index in [4.69, 9.17) is 0 Å². The first-order chi connectivity index (χ1) is 11.5. The molecule has 1 aromatic rings. The molecular formula is C16H25N3O3S2. The summed E-state index contributed by atoms with van der Waals surface area (Å²) in [5.41, 5.74) is 0. The zero-order chi connectivity index (χ0) is 17.2. The lowest BCUT2D eigenvalue weighted by atomic mass is 9.98. The summed E-state index contributed by atoms with van der Waals surface area (Å²) in [6.45, 7) is 5.94. The van der Waals surface area contributed by atoms with Gasteiger partial charge in [0.05, 0.1) is 5.92 Å². The normalized spacial score (nSPS) is 23.9. The Kier molecular flexibility index (Phi) is 5.59. The van der Waals surface area contributed by atoms with Crippen LogP contribution in [0, 0.1) is 12.8 Å².